The van der Waals surface area contributed by atoms with Gasteiger partial charge in [-0.1, -0.05) is 47.6 Å². The molecule has 0 N–H and O–H groups in total. The lowest BCUT2D eigenvalue weighted by molar-refractivity contribution is -0.108. The van der Waals surface area contributed by atoms with Gasteiger partial charge in [-0.2, -0.15) is 0 Å². The van der Waals surface area contributed by atoms with E-state index < -0.39 is 16.6 Å². The molecule has 0 aliphatic rings. The Labute approximate surface area is 176 Å². The largest absolute Gasteiger partial charge is 0.413 e. The van der Waals surface area contributed by atoms with Crippen LogP contribution in [0.15, 0.2) is 12.7 Å². The SMILES string of the molecule is C#CC[C@@H](O[Si](C)(C)C(C)(C)C)[C@H](CCC=O)[C@@H](C=C)O[Si](C)(C)C(C)(C)C. The zero-order valence-electron chi connectivity index (χ0n) is 20.0. The van der Waals surface area contributed by atoms with E-state index in [2.05, 4.69) is 80.2 Å². The lowest BCUT2D eigenvalue weighted by Crippen LogP contribution is -2.50. The van der Waals surface area contributed by atoms with Gasteiger partial charge in [-0.25, -0.2) is 0 Å². The first-order valence-electron chi connectivity index (χ1n) is 10.4. The highest BCUT2D eigenvalue weighted by molar-refractivity contribution is 6.74. The molecule has 3 nitrogen and oxygen atoms in total. The van der Waals surface area contributed by atoms with Crippen molar-refractivity contribution < 1.29 is 13.6 Å². The second-order valence-electron chi connectivity index (χ2n) is 10.8. The van der Waals surface area contributed by atoms with Crippen LogP contribution in [0.1, 0.15) is 60.8 Å². The molecule has 0 aromatic carbocycles. The summed E-state index contributed by atoms with van der Waals surface area (Å²) in [5, 5.41) is 0.171. The maximum Gasteiger partial charge on any atom is 0.192 e. The van der Waals surface area contributed by atoms with E-state index in [1.54, 1.807) is 0 Å². The van der Waals surface area contributed by atoms with Crippen LogP contribution in [0, 0.1) is 18.3 Å². The fourth-order valence-electron chi connectivity index (χ4n) is 2.60. The van der Waals surface area contributed by atoms with Gasteiger partial charge in [-0.15, -0.1) is 18.9 Å². The zero-order chi connectivity index (χ0) is 22.4. The molecule has 0 saturated carbocycles. The Morgan fingerprint density at radius 1 is 1.00 bits per heavy atom. The van der Waals surface area contributed by atoms with Gasteiger partial charge >= 0.3 is 0 Å². The predicted molar refractivity (Wildman–Crippen MR) is 127 cm³/mol. The fraction of sp³-hybridized carbons (Fsp3) is 0.783. The quantitative estimate of drug-likeness (QED) is 0.163. The van der Waals surface area contributed by atoms with E-state index in [1.165, 1.54) is 0 Å². The fourth-order valence-corrected chi connectivity index (χ4v) is 5.27. The predicted octanol–water partition coefficient (Wildman–Crippen LogP) is 6.57. The van der Waals surface area contributed by atoms with Crippen molar-refractivity contribution in [3.05, 3.63) is 12.7 Å². The van der Waals surface area contributed by atoms with Gasteiger partial charge in [0.05, 0.1) is 12.2 Å². The molecule has 0 aromatic heterocycles. The lowest BCUT2D eigenvalue weighted by atomic mass is 9.89. The molecule has 0 bridgehead atoms. The van der Waals surface area contributed by atoms with Crippen molar-refractivity contribution in [1.29, 1.82) is 0 Å². The molecule has 162 valence electrons. The topological polar surface area (TPSA) is 35.5 Å². The summed E-state index contributed by atoms with van der Waals surface area (Å²) in [6.07, 6.45) is 9.93. The van der Waals surface area contributed by atoms with Crippen LogP contribution in [0.25, 0.3) is 0 Å². The summed E-state index contributed by atoms with van der Waals surface area (Å²) in [5.41, 5.74) is 0. The molecule has 0 spiro atoms. The molecule has 0 heterocycles. The molecule has 0 aliphatic carbocycles. The highest BCUT2D eigenvalue weighted by Gasteiger charge is 2.44. The molecule has 0 unspecified atom stereocenters. The smallest absolute Gasteiger partial charge is 0.192 e. The maximum atomic E-state index is 11.2. The van der Waals surface area contributed by atoms with Gasteiger partial charge < -0.3 is 13.6 Å². The van der Waals surface area contributed by atoms with Gasteiger partial charge in [-0.3, -0.25) is 0 Å². The van der Waals surface area contributed by atoms with Crippen molar-refractivity contribution in [2.24, 2.45) is 5.92 Å². The zero-order valence-corrected chi connectivity index (χ0v) is 22.0. The van der Waals surface area contributed by atoms with E-state index in [0.717, 1.165) is 6.29 Å². The van der Waals surface area contributed by atoms with E-state index in [1.807, 2.05) is 6.08 Å². The highest BCUT2D eigenvalue weighted by atomic mass is 28.4. The summed E-state index contributed by atoms with van der Waals surface area (Å²) < 4.78 is 13.5. The first kappa shape index (κ1) is 27.3. The third-order valence-electron chi connectivity index (χ3n) is 6.56. The Bertz CT molecular complexity index is 548. The molecular weight excluding hydrogens is 380 g/mol. The molecule has 5 heteroatoms. The third-order valence-corrected chi connectivity index (χ3v) is 15.5. The summed E-state index contributed by atoms with van der Waals surface area (Å²) in [5.74, 6) is 2.82. The Balaban J connectivity index is 5.93. The molecule has 0 rings (SSSR count). The van der Waals surface area contributed by atoms with Gasteiger partial charge in [0.15, 0.2) is 16.6 Å². The number of hydrogen-bond acceptors (Lipinski definition) is 3. The summed E-state index contributed by atoms with van der Waals surface area (Å²) in [6.45, 7) is 26.4. The standard InChI is InChI=1S/C23H44O3Si2/c1-13-16-21(26-28(11,12)23(6,7)8)19(17-15-18-24)20(14-2)25-27(9,10)22(3,4)5/h1,14,18-21H,2,15-17H2,3-12H3/t19-,20-,21-/m1/s1. The van der Waals surface area contributed by atoms with Crippen molar-refractivity contribution >= 4 is 22.9 Å². The highest BCUT2D eigenvalue weighted by Crippen LogP contribution is 2.42. The second-order valence-corrected chi connectivity index (χ2v) is 20.3. The van der Waals surface area contributed by atoms with Crippen LogP contribution in [-0.4, -0.2) is 35.1 Å². The minimum absolute atomic E-state index is 0.0157. The number of carbonyl (C=O) groups is 1. The van der Waals surface area contributed by atoms with Gasteiger partial charge in [-0.05, 0) is 42.7 Å². The van der Waals surface area contributed by atoms with E-state index in [0.29, 0.717) is 19.3 Å². The Morgan fingerprint density at radius 2 is 1.46 bits per heavy atom. The molecule has 0 aliphatic heterocycles. The normalized spacial score (nSPS) is 16.8. The minimum atomic E-state index is -2.02. The molecule has 0 amide bonds. The van der Waals surface area contributed by atoms with E-state index in [4.69, 9.17) is 15.3 Å². The molecule has 3 atom stereocenters. The van der Waals surface area contributed by atoms with Gasteiger partial charge in [0, 0.05) is 18.8 Å². The van der Waals surface area contributed by atoms with E-state index in [9.17, 15) is 4.79 Å². The second kappa shape index (κ2) is 10.4. The van der Waals surface area contributed by atoms with Crippen LogP contribution in [0.5, 0.6) is 0 Å². The minimum Gasteiger partial charge on any atom is -0.413 e. The van der Waals surface area contributed by atoms with Gasteiger partial charge in [0.1, 0.15) is 6.29 Å². The summed E-state index contributed by atoms with van der Waals surface area (Å²) >= 11 is 0. The summed E-state index contributed by atoms with van der Waals surface area (Å²) in [6, 6.07) is 0. The van der Waals surface area contributed by atoms with Crippen molar-refractivity contribution in [3.8, 4) is 12.3 Å². The van der Waals surface area contributed by atoms with Gasteiger partial charge in [0.25, 0.3) is 0 Å². The Hall–Kier alpha value is -0.676. The van der Waals surface area contributed by atoms with Crippen molar-refractivity contribution in [2.45, 2.75) is 109 Å². The van der Waals surface area contributed by atoms with Crippen molar-refractivity contribution in [2.75, 3.05) is 0 Å². The van der Waals surface area contributed by atoms with Crippen molar-refractivity contribution in [1.82, 2.24) is 0 Å². The van der Waals surface area contributed by atoms with Crippen LogP contribution in [-0.2, 0) is 13.6 Å². The van der Waals surface area contributed by atoms with Crippen molar-refractivity contribution in [3.63, 3.8) is 0 Å². The molecular formula is C23H44O3Si2. The van der Waals surface area contributed by atoms with Crippen LogP contribution >= 0.6 is 0 Å². The Kier molecular flexibility index (Phi) is 10.1. The average Bonchev–Trinajstić information content (AvgIpc) is 2.51. The van der Waals surface area contributed by atoms with Crippen LogP contribution in [0.3, 0.4) is 0 Å². The van der Waals surface area contributed by atoms with E-state index >= 15 is 0 Å². The average molecular weight is 425 g/mol. The summed E-state index contributed by atoms with van der Waals surface area (Å²) in [7, 11) is -4.03. The summed E-state index contributed by atoms with van der Waals surface area (Å²) in [4.78, 5) is 11.2. The maximum absolute atomic E-state index is 11.2. The molecule has 0 aromatic rings. The lowest BCUT2D eigenvalue weighted by Gasteiger charge is -2.45. The number of hydrogen-bond donors (Lipinski definition) is 0. The molecule has 0 saturated heterocycles. The first-order chi connectivity index (χ1) is 12.5. The number of carbonyl (C=O) groups excluding carboxylic acids is 1. The number of terminal acetylenes is 1. The number of rotatable bonds is 11. The van der Waals surface area contributed by atoms with Crippen LogP contribution in [0.2, 0.25) is 36.3 Å². The Morgan fingerprint density at radius 3 is 1.82 bits per heavy atom. The van der Waals surface area contributed by atoms with E-state index in [-0.39, 0.29) is 28.2 Å². The van der Waals surface area contributed by atoms with Gasteiger partial charge in [0.2, 0.25) is 0 Å². The first-order valence-corrected chi connectivity index (χ1v) is 16.2. The number of aldehydes is 1. The van der Waals surface area contributed by atoms with Crippen LogP contribution in [0.4, 0.5) is 0 Å². The van der Waals surface area contributed by atoms with Crippen LogP contribution < -0.4 is 0 Å². The molecule has 0 radical (unpaired) electrons. The molecule has 28 heavy (non-hydrogen) atoms. The third kappa shape index (κ3) is 7.63. The monoisotopic (exact) mass is 424 g/mol. The molecule has 0 fully saturated rings.